The van der Waals surface area contributed by atoms with Crippen molar-refractivity contribution in [2.24, 2.45) is 5.41 Å². The van der Waals surface area contributed by atoms with E-state index in [9.17, 15) is 9.59 Å². The zero-order chi connectivity index (χ0) is 21.5. The zero-order valence-electron chi connectivity index (χ0n) is 17.6. The van der Waals surface area contributed by atoms with Gasteiger partial charge in [-0.1, -0.05) is 29.8 Å². The number of methoxy groups -OCH3 is 3. The molecule has 1 aromatic carbocycles. The molecule has 0 saturated carbocycles. The highest BCUT2D eigenvalue weighted by Gasteiger charge is 2.43. The average Bonchev–Trinajstić information content (AvgIpc) is 2.65. The minimum Gasteiger partial charge on any atom is -0.493 e. The van der Waals surface area contributed by atoms with Crippen LogP contribution in [0.5, 0.6) is 11.5 Å². The van der Waals surface area contributed by atoms with Crippen molar-refractivity contribution in [2.45, 2.75) is 39.5 Å². The number of ketones is 1. The number of carbonyl (C=O) groups excluding carboxylic acids is 2. The zero-order valence-corrected chi connectivity index (χ0v) is 19.2. The van der Waals surface area contributed by atoms with Gasteiger partial charge in [0.05, 0.1) is 26.9 Å². The summed E-state index contributed by atoms with van der Waals surface area (Å²) < 4.78 is 16.6. The minimum atomic E-state index is -0.559. The summed E-state index contributed by atoms with van der Waals surface area (Å²) in [5, 5.41) is 3.31. The van der Waals surface area contributed by atoms with Crippen LogP contribution in [-0.4, -0.2) is 33.1 Å². The van der Waals surface area contributed by atoms with Gasteiger partial charge in [-0.05, 0) is 36.5 Å². The Morgan fingerprint density at radius 1 is 1.14 bits per heavy atom. The maximum Gasteiger partial charge on any atom is 0.336 e. The van der Waals surface area contributed by atoms with E-state index in [0.29, 0.717) is 34.8 Å². The summed E-state index contributed by atoms with van der Waals surface area (Å²) in [5.41, 5.74) is 3.20. The lowest BCUT2D eigenvalue weighted by Gasteiger charge is -2.39. The van der Waals surface area contributed by atoms with Crippen molar-refractivity contribution in [3.8, 4) is 11.5 Å². The van der Waals surface area contributed by atoms with Crippen LogP contribution in [0, 0.1) is 5.41 Å². The molecule has 6 nitrogen and oxygen atoms in total. The average molecular weight is 464 g/mol. The summed E-state index contributed by atoms with van der Waals surface area (Å²) in [6.45, 7) is 5.99. The number of ether oxygens (including phenoxy) is 3. The predicted molar refractivity (Wildman–Crippen MR) is 113 cm³/mol. The third kappa shape index (κ3) is 3.80. The number of allylic oxidation sites excluding steroid dienone is 3. The fraction of sp³-hybridized carbons (Fsp3) is 0.455. The molecule has 0 saturated heterocycles. The molecule has 1 N–H and O–H groups in total. The summed E-state index contributed by atoms with van der Waals surface area (Å²) in [6, 6.07) is 3.60. The first-order valence-electron chi connectivity index (χ1n) is 9.37. The van der Waals surface area contributed by atoms with Crippen LogP contribution in [0.15, 0.2) is 39.1 Å². The van der Waals surface area contributed by atoms with E-state index in [1.807, 2.05) is 13.0 Å². The first-order valence-corrected chi connectivity index (χ1v) is 10.2. The van der Waals surface area contributed by atoms with Crippen LogP contribution in [0.25, 0.3) is 0 Å². The lowest BCUT2D eigenvalue weighted by atomic mass is 9.68. The predicted octanol–water partition coefficient (Wildman–Crippen LogP) is 4.24. The van der Waals surface area contributed by atoms with E-state index in [2.05, 4.69) is 35.1 Å². The smallest absolute Gasteiger partial charge is 0.336 e. The maximum absolute atomic E-state index is 13.2. The molecule has 2 aliphatic rings. The molecule has 7 heteroatoms. The molecule has 1 aliphatic heterocycles. The Labute approximate surface area is 179 Å². The van der Waals surface area contributed by atoms with Gasteiger partial charge >= 0.3 is 5.97 Å². The Morgan fingerprint density at radius 3 is 2.34 bits per heavy atom. The Bertz CT molecular complexity index is 945. The van der Waals surface area contributed by atoms with E-state index in [-0.39, 0.29) is 11.2 Å². The second-order valence-corrected chi connectivity index (χ2v) is 9.00. The molecule has 0 fully saturated rings. The van der Waals surface area contributed by atoms with E-state index in [4.69, 9.17) is 14.2 Å². The lowest BCUT2D eigenvalue weighted by molar-refractivity contribution is -0.136. The molecule has 29 heavy (non-hydrogen) atoms. The molecule has 1 heterocycles. The Morgan fingerprint density at radius 2 is 1.76 bits per heavy atom. The summed E-state index contributed by atoms with van der Waals surface area (Å²) >= 11 is 3.60. The first-order chi connectivity index (χ1) is 13.6. The van der Waals surface area contributed by atoms with Crippen molar-refractivity contribution in [3.05, 3.63) is 44.7 Å². The van der Waals surface area contributed by atoms with Gasteiger partial charge in [-0.15, -0.1) is 0 Å². The molecule has 0 unspecified atom stereocenters. The van der Waals surface area contributed by atoms with E-state index in [1.165, 1.54) is 7.11 Å². The molecule has 156 valence electrons. The van der Waals surface area contributed by atoms with Gasteiger partial charge in [0.1, 0.15) is 0 Å². The molecule has 0 aromatic heterocycles. The standard InChI is InChI=1S/C22H26BrNO5/c1-11-18(21(26)29-6)19(12-7-16(27-4)17(28-5)8-13(12)23)20-14(24-11)9-22(2,3)10-15(20)25/h7-8,19,24H,9-10H2,1-6H3/t19-/m0/s1. The maximum atomic E-state index is 13.2. The first kappa shape index (κ1) is 21.4. The molecule has 1 aliphatic carbocycles. The van der Waals surface area contributed by atoms with E-state index < -0.39 is 11.9 Å². The third-order valence-corrected chi connectivity index (χ3v) is 6.15. The van der Waals surface area contributed by atoms with Crippen LogP contribution in [0.3, 0.4) is 0 Å². The third-order valence-electron chi connectivity index (χ3n) is 5.46. The monoisotopic (exact) mass is 463 g/mol. The van der Waals surface area contributed by atoms with Crippen molar-refractivity contribution in [1.29, 1.82) is 0 Å². The summed E-state index contributed by atoms with van der Waals surface area (Å²) in [7, 11) is 4.46. The molecule has 1 atom stereocenters. The fourth-order valence-corrected chi connectivity index (χ4v) is 4.77. The number of Topliss-reactive ketones (excluding diaryl/α,β-unsaturated/α-hetero) is 1. The van der Waals surface area contributed by atoms with E-state index >= 15 is 0 Å². The van der Waals surface area contributed by atoms with Gasteiger partial charge in [-0.25, -0.2) is 4.79 Å². The van der Waals surface area contributed by atoms with Crippen LogP contribution in [-0.2, 0) is 14.3 Å². The van der Waals surface area contributed by atoms with Gasteiger partial charge in [0.25, 0.3) is 0 Å². The van der Waals surface area contributed by atoms with Gasteiger partial charge in [-0.3, -0.25) is 4.79 Å². The largest absolute Gasteiger partial charge is 0.493 e. The molecule has 1 aromatic rings. The quantitative estimate of drug-likeness (QED) is 0.672. The summed E-state index contributed by atoms with van der Waals surface area (Å²) in [4.78, 5) is 26.0. The number of carbonyl (C=O) groups is 2. The van der Waals surface area contributed by atoms with Crippen LogP contribution in [0.2, 0.25) is 0 Å². The Balaban J connectivity index is 2.28. The molecular weight excluding hydrogens is 438 g/mol. The van der Waals surface area contributed by atoms with Crippen LogP contribution >= 0.6 is 15.9 Å². The Hall–Kier alpha value is -2.28. The number of nitrogens with one attached hydrogen (secondary N) is 1. The van der Waals surface area contributed by atoms with Gasteiger partial charge < -0.3 is 19.5 Å². The second-order valence-electron chi connectivity index (χ2n) is 8.15. The normalized spacial score (nSPS) is 20.8. The SMILES string of the molecule is COC(=O)C1=C(C)NC2=C(C(=O)CC(C)(C)C2)[C@H]1c1cc(OC)c(OC)cc1Br. The highest BCUT2D eigenvalue weighted by molar-refractivity contribution is 9.10. The number of rotatable bonds is 4. The summed E-state index contributed by atoms with van der Waals surface area (Å²) in [5.74, 6) is 0.0891. The highest BCUT2D eigenvalue weighted by Crippen LogP contribution is 2.49. The number of hydrogen-bond donors (Lipinski definition) is 1. The molecule has 0 amide bonds. The number of halogens is 1. The van der Waals surface area contributed by atoms with Gasteiger partial charge in [0, 0.05) is 33.8 Å². The van der Waals surface area contributed by atoms with Gasteiger partial charge in [-0.2, -0.15) is 0 Å². The van der Waals surface area contributed by atoms with Crippen molar-refractivity contribution in [2.75, 3.05) is 21.3 Å². The van der Waals surface area contributed by atoms with Gasteiger partial charge in [0.15, 0.2) is 17.3 Å². The van der Waals surface area contributed by atoms with E-state index in [0.717, 1.165) is 22.2 Å². The minimum absolute atomic E-state index is 0.0318. The van der Waals surface area contributed by atoms with Crippen LogP contribution in [0.1, 0.15) is 45.1 Å². The molecule has 0 bridgehead atoms. The topological polar surface area (TPSA) is 73.9 Å². The fourth-order valence-electron chi connectivity index (χ4n) is 4.22. The molecule has 0 radical (unpaired) electrons. The second kappa shape index (κ2) is 7.86. The van der Waals surface area contributed by atoms with Crippen LogP contribution in [0.4, 0.5) is 0 Å². The van der Waals surface area contributed by atoms with Crippen molar-refractivity contribution in [1.82, 2.24) is 5.32 Å². The van der Waals surface area contributed by atoms with Crippen molar-refractivity contribution < 1.29 is 23.8 Å². The summed E-state index contributed by atoms with van der Waals surface area (Å²) in [6.07, 6.45) is 1.14. The number of hydrogen-bond acceptors (Lipinski definition) is 6. The Kier molecular flexibility index (Phi) is 5.81. The highest BCUT2D eigenvalue weighted by atomic mass is 79.9. The molecular formula is C22H26BrNO5. The molecule has 0 spiro atoms. The molecule has 3 rings (SSSR count). The van der Waals surface area contributed by atoms with E-state index in [1.54, 1.807) is 20.3 Å². The van der Waals surface area contributed by atoms with Gasteiger partial charge in [0.2, 0.25) is 0 Å². The number of esters is 1. The number of dihydropyridines is 1. The van der Waals surface area contributed by atoms with Crippen molar-refractivity contribution in [3.63, 3.8) is 0 Å². The van der Waals surface area contributed by atoms with Crippen LogP contribution < -0.4 is 14.8 Å². The number of benzene rings is 1. The van der Waals surface area contributed by atoms with Crippen molar-refractivity contribution >= 4 is 27.7 Å². The lowest BCUT2D eigenvalue weighted by Crippen LogP contribution is -2.38.